The van der Waals surface area contributed by atoms with Crippen LogP contribution in [0.15, 0.2) is 47.6 Å². The van der Waals surface area contributed by atoms with Gasteiger partial charge in [-0.2, -0.15) is 0 Å². The lowest BCUT2D eigenvalue weighted by Crippen LogP contribution is -1.94. The molecule has 61 valence electrons. The molecule has 12 heavy (non-hydrogen) atoms. The summed E-state index contributed by atoms with van der Waals surface area (Å²) in [7, 11) is 0. The van der Waals surface area contributed by atoms with Gasteiger partial charge in [-0.05, 0) is 24.0 Å². The molecule has 0 nitrogen and oxygen atoms in total. The molecule has 1 radical (unpaired) electrons. The highest BCUT2D eigenvalue weighted by atomic mass is 14.2. The summed E-state index contributed by atoms with van der Waals surface area (Å²) in [4.78, 5) is 0. The van der Waals surface area contributed by atoms with Gasteiger partial charge >= 0.3 is 0 Å². The van der Waals surface area contributed by atoms with Crippen molar-refractivity contribution in [2.75, 3.05) is 0 Å². The van der Waals surface area contributed by atoms with Crippen molar-refractivity contribution in [3.8, 4) is 0 Å². The molecule has 0 saturated carbocycles. The molecule has 0 aromatic rings. The predicted octanol–water partition coefficient (Wildman–Crippen LogP) is 3.35. The average Bonchev–Trinajstić information content (AvgIpc) is 2.77. The Morgan fingerprint density at radius 1 is 1.00 bits per heavy atom. The highest BCUT2D eigenvalue weighted by molar-refractivity contribution is 5.52. The van der Waals surface area contributed by atoms with Gasteiger partial charge in [0.15, 0.2) is 0 Å². The maximum atomic E-state index is 2.28. The molecule has 0 aromatic heterocycles. The van der Waals surface area contributed by atoms with Gasteiger partial charge < -0.3 is 0 Å². The van der Waals surface area contributed by atoms with Gasteiger partial charge in [0.2, 0.25) is 0 Å². The normalized spacial score (nSPS) is 20.5. The van der Waals surface area contributed by atoms with Crippen LogP contribution in [0.1, 0.15) is 19.8 Å². The van der Waals surface area contributed by atoms with Crippen LogP contribution in [0, 0.1) is 5.92 Å². The summed E-state index contributed by atoms with van der Waals surface area (Å²) in [5, 5.41) is 0. The predicted molar refractivity (Wildman–Crippen MR) is 52.6 cm³/mol. The first-order chi connectivity index (χ1) is 5.88. The molecule has 0 aliphatic heterocycles. The SMILES string of the molecule is C[C](C1=CCC=C1)C1=CCC=C1. The monoisotopic (exact) mass is 157 g/mol. The molecule has 2 aliphatic rings. The van der Waals surface area contributed by atoms with Gasteiger partial charge in [-0.1, -0.05) is 43.4 Å². The number of allylic oxidation sites excluding steroid dienone is 8. The molecule has 0 heteroatoms. The fourth-order valence-electron chi connectivity index (χ4n) is 1.64. The zero-order chi connectivity index (χ0) is 8.39. The van der Waals surface area contributed by atoms with Gasteiger partial charge in [-0.15, -0.1) is 0 Å². The third kappa shape index (κ3) is 1.29. The largest absolute Gasteiger partial charge is 0.0804 e. The Morgan fingerprint density at radius 3 is 1.83 bits per heavy atom. The maximum Gasteiger partial charge on any atom is 0.0302 e. The van der Waals surface area contributed by atoms with Crippen LogP contribution >= 0.6 is 0 Å². The highest BCUT2D eigenvalue weighted by Gasteiger charge is 2.13. The first-order valence-corrected chi connectivity index (χ1v) is 4.45. The highest BCUT2D eigenvalue weighted by Crippen LogP contribution is 2.30. The Morgan fingerprint density at radius 2 is 1.50 bits per heavy atom. The van der Waals surface area contributed by atoms with E-state index in [1.54, 1.807) is 0 Å². The summed E-state index contributed by atoms with van der Waals surface area (Å²) in [6.07, 6.45) is 15.6. The fourth-order valence-corrected chi connectivity index (χ4v) is 1.64. The van der Waals surface area contributed by atoms with Gasteiger partial charge in [0.05, 0.1) is 0 Å². The van der Waals surface area contributed by atoms with Gasteiger partial charge in [0, 0.05) is 5.92 Å². The average molecular weight is 157 g/mol. The Labute approximate surface area is 74.0 Å². The molecule has 0 fully saturated rings. The Bertz CT molecular complexity index is 257. The van der Waals surface area contributed by atoms with E-state index in [2.05, 4.69) is 43.4 Å². The van der Waals surface area contributed by atoms with Crippen molar-refractivity contribution in [3.05, 3.63) is 53.5 Å². The number of hydrogen-bond donors (Lipinski definition) is 0. The summed E-state index contributed by atoms with van der Waals surface area (Å²) in [5.41, 5.74) is 2.79. The minimum atomic E-state index is 1.10. The van der Waals surface area contributed by atoms with E-state index in [4.69, 9.17) is 0 Å². The Balaban J connectivity index is 2.13. The van der Waals surface area contributed by atoms with Crippen molar-refractivity contribution in [1.29, 1.82) is 0 Å². The molecule has 0 saturated heterocycles. The van der Waals surface area contributed by atoms with Crippen molar-refractivity contribution in [2.24, 2.45) is 0 Å². The number of rotatable bonds is 2. The zero-order valence-corrected chi connectivity index (χ0v) is 7.38. The standard InChI is InChI=1S/C12H13/c1-10(11-6-2-3-7-11)12-8-4-5-9-12/h2,4,6-9H,3,5H2,1H3. The molecule has 0 heterocycles. The first kappa shape index (κ1) is 7.60. The number of hydrogen-bond acceptors (Lipinski definition) is 0. The van der Waals surface area contributed by atoms with E-state index in [0.717, 1.165) is 12.8 Å². The molecule has 0 atom stereocenters. The third-order valence-electron chi connectivity index (χ3n) is 2.41. The van der Waals surface area contributed by atoms with Crippen molar-refractivity contribution >= 4 is 0 Å². The lowest BCUT2D eigenvalue weighted by atomic mass is 9.94. The molecule has 0 bridgehead atoms. The quantitative estimate of drug-likeness (QED) is 0.576. The van der Waals surface area contributed by atoms with Crippen LogP contribution in [0.5, 0.6) is 0 Å². The lowest BCUT2D eigenvalue weighted by Gasteiger charge is -2.09. The van der Waals surface area contributed by atoms with Crippen LogP contribution in [0.25, 0.3) is 0 Å². The van der Waals surface area contributed by atoms with Crippen molar-refractivity contribution < 1.29 is 0 Å². The molecule has 2 aliphatic carbocycles. The van der Waals surface area contributed by atoms with E-state index < -0.39 is 0 Å². The van der Waals surface area contributed by atoms with Crippen molar-refractivity contribution in [1.82, 2.24) is 0 Å². The van der Waals surface area contributed by atoms with Crippen LogP contribution in [0.4, 0.5) is 0 Å². The minimum Gasteiger partial charge on any atom is -0.0804 e. The van der Waals surface area contributed by atoms with Crippen molar-refractivity contribution in [3.63, 3.8) is 0 Å². The summed E-state index contributed by atoms with van der Waals surface area (Å²) in [6.45, 7) is 2.20. The molecule has 0 unspecified atom stereocenters. The van der Waals surface area contributed by atoms with Gasteiger partial charge in [0.1, 0.15) is 0 Å². The van der Waals surface area contributed by atoms with Crippen LogP contribution in [-0.4, -0.2) is 0 Å². The molecular weight excluding hydrogens is 144 g/mol. The summed E-state index contributed by atoms with van der Waals surface area (Å²) in [5.74, 6) is 1.41. The van der Waals surface area contributed by atoms with E-state index >= 15 is 0 Å². The molecule has 0 N–H and O–H groups in total. The smallest absolute Gasteiger partial charge is 0.0302 e. The van der Waals surface area contributed by atoms with Crippen LogP contribution < -0.4 is 0 Å². The van der Waals surface area contributed by atoms with Crippen LogP contribution in [-0.2, 0) is 0 Å². The van der Waals surface area contributed by atoms with Crippen LogP contribution in [0.2, 0.25) is 0 Å². The molecule has 0 aromatic carbocycles. The summed E-state index contributed by atoms with van der Waals surface area (Å²) in [6, 6.07) is 0. The topological polar surface area (TPSA) is 0 Å². The second-order valence-corrected chi connectivity index (χ2v) is 3.22. The second-order valence-electron chi connectivity index (χ2n) is 3.22. The van der Waals surface area contributed by atoms with E-state index in [9.17, 15) is 0 Å². The van der Waals surface area contributed by atoms with Crippen molar-refractivity contribution in [2.45, 2.75) is 19.8 Å². The van der Waals surface area contributed by atoms with E-state index in [-0.39, 0.29) is 0 Å². The lowest BCUT2D eigenvalue weighted by molar-refractivity contribution is 1.20. The van der Waals surface area contributed by atoms with E-state index in [0.29, 0.717) is 0 Å². The summed E-state index contributed by atoms with van der Waals surface area (Å²) >= 11 is 0. The first-order valence-electron chi connectivity index (χ1n) is 4.45. The molecule has 2 rings (SSSR count). The maximum absolute atomic E-state index is 2.28. The minimum absolute atomic E-state index is 1.10. The zero-order valence-electron chi connectivity index (χ0n) is 7.38. The molecular formula is C12H13. The fraction of sp³-hybridized carbons (Fsp3) is 0.250. The second kappa shape index (κ2) is 3.14. The molecule has 0 spiro atoms. The Kier molecular flexibility index (Phi) is 1.99. The summed E-state index contributed by atoms with van der Waals surface area (Å²) < 4.78 is 0. The van der Waals surface area contributed by atoms with E-state index in [1.165, 1.54) is 17.1 Å². The third-order valence-corrected chi connectivity index (χ3v) is 2.41. The van der Waals surface area contributed by atoms with Crippen LogP contribution in [0.3, 0.4) is 0 Å². The Hall–Kier alpha value is -1.04. The van der Waals surface area contributed by atoms with E-state index in [1.807, 2.05) is 0 Å². The van der Waals surface area contributed by atoms with Gasteiger partial charge in [-0.3, -0.25) is 0 Å². The van der Waals surface area contributed by atoms with Gasteiger partial charge in [0.25, 0.3) is 0 Å². The van der Waals surface area contributed by atoms with Gasteiger partial charge in [-0.25, -0.2) is 0 Å². The molecule has 0 amide bonds.